The third-order valence-corrected chi connectivity index (χ3v) is 10.0. The molecule has 4 aliphatic carbocycles. The molecule has 0 aromatic heterocycles. The molecule has 0 spiro atoms. The van der Waals surface area contributed by atoms with Gasteiger partial charge in [0, 0.05) is 17.8 Å². The maximum absolute atomic E-state index is 14.0. The van der Waals surface area contributed by atoms with E-state index in [9.17, 15) is 19.8 Å². The van der Waals surface area contributed by atoms with Gasteiger partial charge >= 0.3 is 0 Å². The number of aliphatic hydroxyl groups is 2. The highest BCUT2D eigenvalue weighted by atomic mass is 16.7. The molecule has 0 aromatic carbocycles. The minimum atomic E-state index is -1.41. The predicted molar refractivity (Wildman–Crippen MR) is 111 cm³/mol. The highest BCUT2D eigenvalue weighted by molar-refractivity contribution is 6.00. The minimum Gasteiger partial charge on any atom is -0.388 e. The fourth-order valence-corrected chi connectivity index (χ4v) is 8.61. The molecule has 13 atom stereocenters. The Bertz CT molecular complexity index is 912. The second-order valence-corrected chi connectivity index (χ2v) is 11.8. The van der Waals surface area contributed by atoms with Crippen LogP contribution in [-0.4, -0.2) is 51.0 Å². The maximum Gasteiger partial charge on any atom is 0.202 e. The molecule has 6 nitrogen and oxygen atoms in total. The lowest BCUT2D eigenvalue weighted by atomic mass is 9.52. The Morgan fingerprint density at radius 3 is 2.42 bits per heavy atom. The Kier molecular flexibility index (Phi) is 3.89. The van der Waals surface area contributed by atoms with Gasteiger partial charge in [-0.05, 0) is 62.5 Å². The van der Waals surface area contributed by atoms with E-state index < -0.39 is 34.9 Å². The number of hydrogen-bond donors (Lipinski definition) is 2. The van der Waals surface area contributed by atoms with Gasteiger partial charge in [-0.3, -0.25) is 9.59 Å². The molecule has 6 rings (SSSR count). The van der Waals surface area contributed by atoms with Gasteiger partial charge in [-0.2, -0.15) is 0 Å². The Hall–Kier alpha value is -1.08. The van der Waals surface area contributed by atoms with Crippen LogP contribution in [0.25, 0.3) is 0 Å². The minimum absolute atomic E-state index is 0.0134. The number of aliphatic hydroxyl groups excluding tert-OH is 1. The molecule has 2 heterocycles. The first-order valence-electron chi connectivity index (χ1n) is 12.0. The number of allylic oxidation sites excluding steroid dienone is 1. The molecule has 3 saturated carbocycles. The first kappa shape index (κ1) is 20.5. The van der Waals surface area contributed by atoms with Crippen LogP contribution in [0.3, 0.4) is 0 Å². The first-order chi connectivity index (χ1) is 14.5. The van der Waals surface area contributed by atoms with E-state index in [0.717, 1.165) is 12.8 Å². The van der Waals surface area contributed by atoms with Gasteiger partial charge in [-0.15, -0.1) is 0 Å². The largest absolute Gasteiger partial charge is 0.388 e. The number of rotatable bonds is 3. The van der Waals surface area contributed by atoms with Gasteiger partial charge in [0.25, 0.3) is 0 Å². The fourth-order valence-electron chi connectivity index (χ4n) is 8.61. The molecule has 170 valence electrons. The molecular formula is C25H34O6. The number of ether oxygens (including phenoxy) is 2. The quantitative estimate of drug-likeness (QED) is 0.714. The molecular weight excluding hydrogens is 396 g/mol. The lowest BCUT2D eigenvalue weighted by Crippen LogP contribution is -2.73. The first-order valence-corrected chi connectivity index (χ1v) is 12.0. The Morgan fingerprint density at radius 1 is 1.16 bits per heavy atom. The average molecular weight is 431 g/mol. The van der Waals surface area contributed by atoms with E-state index in [1.807, 2.05) is 6.92 Å². The summed E-state index contributed by atoms with van der Waals surface area (Å²) in [6.45, 7) is 9.91. The van der Waals surface area contributed by atoms with Crippen molar-refractivity contribution in [2.75, 3.05) is 0 Å². The zero-order chi connectivity index (χ0) is 22.2. The van der Waals surface area contributed by atoms with Gasteiger partial charge in [0.1, 0.15) is 11.4 Å². The Balaban J connectivity index is 1.49. The molecule has 5 fully saturated rings. The summed E-state index contributed by atoms with van der Waals surface area (Å²) in [6.07, 6.45) is 2.54. The van der Waals surface area contributed by atoms with Gasteiger partial charge in [-0.25, -0.2) is 0 Å². The number of carbonyl (C=O) groups is 2. The van der Waals surface area contributed by atoms with Crippen molar-refractivity contribution in [2.24, 2.45) is 47.3 Å². The van der Waals surface area contributed by atoms with Gasteiger partial charge in [0.15, 0.2) is 5.78 Å². The van der Waals surface area contributed by atoms with E-state index in [1.165, 1.54) is 0 Å². The summed E-state index contributed by atoms with van der Waals surface area (Å²) in [7, 11) is 0. The second kappa shape index (κ2) is 5.88. The molecule has 6 aliphatic rings. The smallest absolute Gasteiger partial charge is 0.202 e. The topological polar surface area (TPSA) is 93.1 Å². The summed E-state index contributed by atoms with van der Waals surface area (Å²) in [6, 6.07) is 0. The lowest BCUT2D eigenvalue weighted by molar-refractivity contribution is -0.375. The second-order valence-electron chi connectivity index (χ2n) is 11.8. The molecule has 2 aliphatic heterocycles. The monoisotopic (exact) mass is 430 g/mol. The van der Waals surface area contributed by atoms with Crippen molar-refractivity contribution in [3.05, 3.63) is 11.6 Å². The Labute approximate surface area is 183 Å². The van der Waals surface area contributed by atoms with Crippen LogP contribution in [0.1, 0.15) is 53.9 Å². The van der Waals surface area contributed by atoms with Crippen LogP contribution in [0.4, 0.5) is 0 Å². The molecule has 2 N–H and O–H groups in total. The van der Waals surface area contributed by atoms with Crippen LogP contribution in [-0.2, 0) is 19.1 Å². The van der Waals surface area contributed by atoms with Crippen LogP contribution < -0.4 is 0 Å². The summed E-state index contributed by atoms with van der Waals surface area (Å²) in [4.78, 5) is 26.8. The highest BCUT2D eigenvalue weighted by Crippen LogP contribution is 2.73. The van der Waals surface area contributed by atoms with Crippen molar-refractivity contribution in [2.45, 2.75) is 83.1 Å². The number of ketones is 2. The van der Waals surface area contributed by atoms with Crippen LogP contribution in [0.5, 0.6) is 0 Å². The zero-order valence-corrected chi connectivity index (χ0v) is 19.0. The number of hydrogen-bond acceptors (Lipinski definition) is 6. The maximum atomic E-state index is 14.0. The normalized spacial score (nSPS) is 61.7. The average Bonchev–Trinajstić information content (AvgIpc) is 3.16. The van der Waals surface area contributed by atoms with E-state index in [4.69, 9.17) is 9.47 Å². The van der Waals surface area contributed by atoms with Gasteiger partial charge in [0.05, 0.1) is 29.6 Å². The van der Waals surface area contributed by atoms with Gasteiger partial charge in [0.2, 0.25) is 5.79 Å². The van der Waals surface area contributed by atoms with Crippen molar-refractivity contribution in [3.63, 3.8) is 0 Å². The summed E-state index contributed by atoms with van der Waals surface area (Å²) >= 11 is 0. The van der Waals surface area contributed by atoms with E-state index in [0.29, 0.717) is 11.5 Å². The third-order valence-electron chi connectivity index (χ3n) is 10.0. The number of carbonyl (C=O) groups excluding carboxylic acids is 2. The zero-order valence-electron chi connectivity index (χ0n) is 19.0. The molecule has 31 heavy (non-hydrogen) atoms. The Morgan fingerprint density at radius 2 is 1.84 bits per heavy atom. The standard InChI is InChI=1S/C25H34O6/c1-10-6-15(10)25-24(29)13(4)19-17(30-25)8-11(2)18(19)21(28)22(24)23(5,31-25)9-14-16(26)7-12(3)20(14)27/h7,10-11,13-19,22,26,29H,6,8-9H2,1-5H3/t10-,11-,13+,14-,15?,16+,17-,18+,19-,22-,23+,24+,25+/m0/s1. The van der Waals surface area contributed by atoms with E-state index in [-0.39, 0.29) is 53.7 Å². The molecule has 0 aromatic rings. The van der Waals surface area contributed by atoms with Crippen LogP contribution >= 0.6 is 0 Å². The van der Waals surface area contributed by atoms with Crippen molar-refractivity contribution in [1.29, 1.82) is 0 Å². The molecule has 0 radical (unpaired) electrons. The van der Waals surface area contributed by atoms with E-state index in [1.54, 1.807) is 13.0 Å². The summed E-state index contributed by atoms with van der Waals surface area (Å²) in [5, 5.41) is 23.0. The number of Topliss-reactive ketones (excluding diaryl/α,β-unsaturated/α-hetero) is 2. The van der Waals surface area contributed by atoms with Crippen molar-refractivity contribution < 1.29 is 29.3 Å². The van der Waals surface area contributed by atoms with Gasteiger partial charge in [-0.1, -0.05) is 20.8 Å². The fraction of sp³-hybridized carbons (Fsp3) is 0.840. The third kappa shape index (κ3) is 2.19. The molecule has 6 heteroatoms. The van der Waals surface area contributed by atoms with Crippen molar-refractivity contribution in [3.8, 4) is 0 Å². The van der Waals surface area contributed by atoms with Crippen molar-refractivity contribution >= 4 is 11.6 Å². The van der Waals surface area contributed by atoms with E-state index in [2.05, 4.69) is 20.8 Å². The summed E-state index contributed by atoms with van der Waals surface area (Å²) in [5.74, 6) is -2.32. The predicted octanol–water partition coefficient (Wildman–Crippen LogP) is 2.26. The van der Waals surface area contributed by atoms with Crippen LogP contribution in [0.2, 0.25) is 0 Å². The molecule has 2 bridgehead atoms. The van der Waals surface area contributed by atoms with Crippen molar-refractivity contribution in [1.82, 2.24) is 0 Å². The molecule has 1 unspecified atom stereocenters. The van der Waals surface area contributed by atoms with Gasteiger partial charge < -0.3 is 19.7 Å². The molecule has 2 saturated heterocycles. The lowest BCUT2D eigenvalue weighted by Gasteiger charge is -2.58. The summed E-state index contributed by atoms with van der Waals surface area (Å²) in [5.41, 5.74) is -1.93. The molecule has 0 amide bonds. The van der Waals surface area contributed by atoms with Crippen LogP contribution in [0, 0.1) is 47.3 Å². The van der Waals surface area contributed by atoms with E-state index >= 15 is 0 Å². The summed E-state index contributed by atoms with van der Waals surface area (Å²) < 4.78 is 13.6. The van der Waals surface area contributed by atoms with Crippen LogP contribution in [0.15, 0.2) is 11.6 Å². The SMILES string of the molecule is CC1=C[C@@H](O)[C@H](C[C@@]2(C)O[C@@]3(C4C[C@@H]4C)O[C@H]4C[C@H](C)[C@H]5C(=O)[C@@H]2[C@]3(O)[C@H](C)[C@H]54)C1=O. The highest BCUT2D eigenvalue weighted by Gasteiger charge is 2.85.